The van der Waals surface area contributed by atoms with Crippen molar-refractivity contribution in [2.24, 2.45) is 0 Å². The molecule has 178 valence electrons. The topological polar surface area (TPSA) is 96.4 Å². The molecule has 0 unspecified atom stereocenters. The molecular formula is C21H13ClF4N8O. The fourth-order valence-electron chi connectivity index (χ4n) is 3.55. The monoisotopic (exact) mass is 504 g/mol. The van der Waals surface area contributed by atoms with Crippen molar-refractivity contribution in [3.05, 3.63) is 71.7 Å². The molecular weight excluding hydrogens is 492 g/mol. The van der Waals surface area contributed by atoms with Crippen LogP contribution in [0.1, 0.15) is 11.5 Å². The molecule has 0 aliphatic carbocycles. The third kappa shape index (κ3) is 4.14. The third-order valence-corrected chi connectivity index (χ3v) is 5.36. The number of halogens is 5. The maximum Gasteiger partial charge on any atom is 0.451 e. The number of aromatic nitrogens is 8. The highest BCUT2D eigenvalue weighted by Crippen LogP contribution is 2.38. The Hall–Kier alpha value is -4.13. The number of hydrogen-bond donors (Lipinski definition) is 0. The second-order valence-electron chi connectivity index (χ2n) is 7.25. The number of fused-ring (bicyclic) bond motifs is 1. The van der Waals surface area contributed by atoms with Crippen LogP contribution in [0.5, 0.6) is 5.88 Å². The van der Waals surface area contributed by atoms with Crippen molar-refractivity contribution >= 4 is 22.6 Å². The summed E-state index contributed by atoms with van der Waals surface area (Å²) in [5.41, 5.74) is 1.58. The van der Waals surface area contributed by atoms with Gasteiger partial charge in [0.2, 0.25) is 11.7 Å². The van der Waals surface area contributed by atoms with Crippen LogP contribution in [-0.2, 0) is 12.7 Å². The average molecular weight is 505 g/mol. The van der Waals surface area contributed by atoms with Gasteiger partial charge in [0.1, 0.15) is 34.3 Å². The zero-order chi connectivity index (χ0) is 24.7. The van der Waals surface area contributed by atoms with Crippen molar-refractivity contribution in [1.29, 1.82) is 0 Å². The summed E-state index contributed by atoms with van der Waals surface area (Å²) in [7, 11) is 1.20. The van der Waals surface area contributed by atoms with Crippen LogP contribution in [0.2, 0.25) is 5.15 Å². The molecule has 0 amide bonds. The summed E-state index contributed by atoms with van der Waals surface area (Å²) < 4.78 is 61.4. The number of ether oxygens (including phenoxy) is 1. The van der Waals surface area contributed by atoms with Gasteiger partial charge in [-0.3, -0.25) is 0 Å². The molecule has 0 N–H and O–H groups in total. The van der Waals surface area contributed by atoms with E-state index < -0.39 is 17.8 Å². The number of hydrogen-bond acceptors (Lipinski definition) is 7. The SMILES string of the molecule is COc1nc(C(F)(F)F)ncc1-c1cn(Cc2cn(-c3ccccc3F)nn2)c2ncnc(Cl)c12. The summed E-state index contributed by atoms with van der Waals surface area (Å²) in [6.07, 6.45) is 0.661. The molecule has 0 saturated heterocycles. The molecule has 5 aromatic rings. The zero-order valence-corrected chi connectivity index (χ0v) is 18.5. The van der Waals surface area contributed by atoms with Crippen molar-refractivity contribution in [3.63, 3.8) is 0 Å². The first-order chi connectivity index (χ1) is 16.8. The molecule has 0 spiro atoms. The maximum absolute atomic E-state index is 14.1. The molecule has 4 heterocycles. The van der Waals surface area contributed by atoms with Crippen molar-refractivity contribution in [1.82, 2.24) is 39.5 Å². The van der Waals surface area contributed by atoms with Crippen LogP contribution in [0.25, 0.3) is 27.8 Å². The minimum absolute atomic E-state index is 0.0701. The molecule has 0 saturated carbocycles. The lowest BCUT2D eigenvalue weighted by Crippen LogP contribution is -2.11. The van der Waals surface area contributed by atoms with Gasteiger partial charge in [-0.25, -0.2) is 24.0 Å². The predicted octanol–water partition coefficient (Wildman–Crippen LogP) is 4.34. The van der Waals surface area contributed by atoms with Gasteiger partial charge in [-0.15, -0.1) is 5.10 Å². The normalized spacial score (nSPS) is 11.8. The first-order valence-corrected chi connectivity index (χ1v) is 10.3. The summed E-state index contributed by atoms with van der Waals surface area (Å²) in [6.45, 7) is 0.141. The molecule has 0 bridgehead atoms. The fraction of sp³-hybridized carbons (Fsp3) is 0.143. The lowest BCUT2D eigenvalue weighted by Gasteiger charge is -2.10. The smallest absolute Gasteiger partial charge is 0.451 e. The highest BCUT2D eigenvalue weighted by Gasteiger charge is 2.36. The predicted molar refractivity (Wildman–Crippen MR) is 116 cm³/mol. The molecule has 5 rings (SSSR count). The average Bonchev–Trinajstić information content (AvgIpc) is 3.44. The molecule has 0 fully saturated rings. The fourth-order valence-corrected chi connectivity index (χ4v) is 3.78. The minimum Gasteiger partial charge on any atom is -0.480 e. The van der Waals surface area contributed by atoms with E-state index in [-0.39, 0.29) is 28.8 Å². The second-order valence-corrected chi connectivity index (χ2v) is 7.61. The number of methoxy groups -OCH3 is 1. The summed E-state index contributed by atoms with van der Waals surface area (Å²) in [4.78, 5) is 15.2. The molecule has 0 aliphatic heterocycles. The molecule has 1 aromatic carbocycles. The number of alkyl halides is 3. The Morgan fingerprint density at radius 2 is 1.86 bits per heavy atom. The van der Waals surface area contributed by atoms with E-state index >= 15 is 0 Å². The number of nitrogens with zero attached hydrogens (tertiary/aromatic N) is 8. The van der Waals surface area contributed by atoms with Crippen LogP contribution in [0.4, 0.5) is 17.6 Å². The van der Waals surface area contributed by atoms with E-state index in [1.807, 2.05) is 0 Å². The van der Waals surface area contributed by atoms with E-state index in [4.69, 9.17) is 16.3 Å². The van der Waals surface area contributed by atoms with E-state index in [1.165, 1.54) is 24.2 Å². The Bertz CT molecular complexity index is 1550. The van der Waals surface area contributed by atoms with Crippen LogP contribution >= 0.6 is 11.6 Å². The number of benzene rings is 1. The van der Waals surface area contributed by atoms with Gasteiger partial charge in [-0.05, 0) is 12.1 Å². The van der Waals surface area contributed by atoms with Crippen LogP contribution in [0, 0.1) is 5.82 Å². The van der Waals surface area contributed by atoms with Crippen molar-refractivity contribution in [3.8, 4) is 22.7 Å². The van der Waals surface area contributed by atoms with E-state index in [0.717, 1.165) is 6.20 Å². The standard InChI is InChI=1S/C21H13ClF4N8O/c1-35-19-12(6-27-20(30-19)21(24,25)26)13-9-33(18-16(13)17(22)28-10-29-18)7-11-8-34(32-31-11)15-5-3-2-4-14(15)23/h2-6,8-10H,7H2,1H3. The number of para-hydroxylation sites is 1. The van der Waals surface area contributed by atoms with Gasteiger partial charge >= 0.3 is 6.18 Å². The lowest BCUT2D eigenvalue weighted by atomic mass is 10.1. The third-order valence-electron chi connectivity index (χ3n) is 5.07. The van der Waals surface area contributed by atoms with Crippen LogP contribution in [-0.4, -0.2) is 46.6 Å². The molecule has 4 aromatic heterocycles. The Labute approximate surface area is 199 Å². The van der Waals surface area contributed by atoms with Gasteiger partial charge in [-0.1, -0.05) is 28.9 Å². The van der Waals surface area contributed by atoms with Gasteiger partial charge in [-0.2, -0.15) is 18.2 Å². The molecule has 0 aliphatic rings. The molecule has 35 heavy (non-hydrogen) atoms. The van der Waals surface area contributed by atoms with Gasteiger partial charge in [0, 0.05) is 18.0 Å². The summed E-state index contributed by atoms with van der Waals surface area (Å²) >= 11 is 6.33. The van der Waals surface area contributed by atoms with Crippen LogP contribution < -0.4 is 4.74 Å². The Balaban J connectivity index is 1.59. The molecule has 14 heteroatoms. The Kier molecular flexibility index (Phi) is 5.55. The van der Waals surface area contributed by atoms with Crippen molar-refractivity contribution < 1.29 is 22.3 Å². The van der Waals surface area contributed by atoms with Crippen molar-refractivity contribution in [2.75, 3.05) is 7.11 Å². The lowest BCUT2D eigenvalue weighted by molar-refractivity contribution is -0.145. The maximum atomic E-state index is 14.1. The quantitative estimate of drug-likeness (QED) is 0.259. The summed E-state index contributed by atoms with van der Waals surface area (Å²) in [6, 6.07) is 6.10. The van der Waals surface area contributed by atoms with Crippen LogP contribution in [0.15, 0.2) is 49.2 Å². The van der Waals surface area contributed by atoms with E-state index in [9.17, 15) is 17.6 Å². The summed E-state index contributed by atoms with van der Waals surface area (Å²) in [5, 5.41) is 8.49. The highest BCUT2D eigenvalue weighted by molar-refractivity contribution is 6.35. The summed E-state index contributed by atoms with van der Waals surface area (Å²) in [5.74, 6) is -2.10. The van der Waals surface area contributed by atoms with Gasteiger partial charge in [0.05, 0.1) is 30.8 Å². The molecule has 0 atom stereocenters. The highest BCUT2D eigenvalue weighted by atomic mass is 35.5. The zero-order valence-electron chi connectivity index (χ0n) is 17.7. The first kappa shape index (κ1) is 22.7. The Morgan fingerprint density at radius 3 is 2.60 bits per heavy atom. The Morgan fingerprint density at radius 1 is 1.06 bits per heavy atom. The first-order valence-electron chi connectivity index (χ1n) is 9.90. The van der Waals surface area contributed by atoms with Crippen LogP contribution in [0.3, 0.4) is 0 Å². The van der Waals surface area contributed by atoms with E-state index in [0.29, 0.717) is 22.3 Å². The largest absolute Gasteiger partial charge is 0.480 e. The van der Waals surface area contributed by atoms with E-state index in [2.05, 4.69) is 30.2 Å². The number of rotatable bonds is 5. The van der Waals surface area contributed by atoms with E-state index in [1.54, 1.807) is 35.2 Å². The van der Waals surface area contributed by atoms with Gasteiger partial charge < -0.3 is 9.30 Å². The van der Waals surface area contributed by atoms with Crippen molar-refractivity contribution in [2.45, 2.75) is 12.7 Å². The second kappa shape index (κ2) is 8.58. The van der Waals surface area contributed by atoms with Gasteiger partial charge in [0.15, 0.2) is 0 Å². The minimum atomic E-state index is -4.75. The molecule has 0 radical (unpaired) electrons. The van der Waals surface area contributed by atoms with Gasteiger partial charge in [0.25, 0.3) is 0 Å². The molecule has 9 nitrogen and oxygen atoms in total.